The molecule has 3 heterocycles. The molecule has 0 aliphatic carbocycles. The predicted octanol–water partition coefficient (Wildman–Crippen LogP) is 4.74. The van der Waals surface area contributed by atoms with Gasteiger partial charge in [-0.3, -0.25) is 4.79 Å². The number of aromatic nitrogens is 3. The van der Waals surface area contributed by atoms with E-state index in [4.69, 9.17) is 16.3 Å². The number of carbonyl (C=O) groups is 1. The highest BCUT2D eigenvalue weighted by Crippen LogP contribution is 2.33. The second kappa shape index (κ2) is 8.94. The van der Waals surface area contributed by atoms with Gasteiger partial charge in [-0.15, -0.1) is 0 Å². The van der Waals surface area contributed by atoms with Gasteiger partial charge < -0.3 is 14.6 Å². The van der Waals surface area contributed by atoms with Crippen LogP contribution in [0.2, 0.25) is 5.02 Å². The number of amides is 1. The topological polar surface area (TPSA) is 105 Å². The number of ether oxygens (including phenoxy) is 1. The van der Waals surface area contributed by atoms with Gasteiger partial charge in [0.15, 0.2) is 14.9 Å². The van der Waals surface area contributed by atoms with E-state index in [0.29, 0.717) is 53.4 Å². The lowest BCUT2D eigenvalue weighted by molar-refractivity contribution is -0.128. The summed E-state index contributed by atoms with van der Waals surface area (Å²) >= 11 is 5.89. The summed E-state index contributed by atoms with van der Waals surface area (Å²) in [4.78, 5) is 25.5. The number of hydrogen-bond acceptors (Lipinski definition) is 6. The van der Waals surface area contributed by atoms with Crippen molar-refractivity contribution in [3.63, 3.8) is 0 Å². The van der Waals surface area contributed by atoms with Gasteiger partial charge >= 0.3 is 0 Å². The van der Waals surface area contributed by atoms with Crippen LogP contribution in [-0.4, -0.2) is 47.0 Å². The van der Waals surface area contributed by atoms with Crippen LogP contribution < -0.4 is 4.74 Å². The second-order valence-electron chi connectivity index (χ2n) is 8.32. The van der Waals surface area contributed by atoms with Gasteiger partial charge in [0.1, 0.15) is 23.1 Å². The van der Waals surface area contributed by atoms with Crippen LogP contribution in [0.4, 0.5) is 4.39 Å². The summed E-state index contributed by atoms with van der Waals surface area (Å²) in [5.74, 6) is 0.813. The maximum absolute atomic E-state index is 13.9. The third-order valence-corrected chi connectivity index (χ3v) is 7.00. The first kappa shape index (κ1) is 23.3. The first-order valence-corrected chi connectivity index (χ1v) is 13.0. The highest BCUT2D eigenvalue weighted by molar-refractivity contribution is 7.90. The Morgan fingerprint density at radius 3 is 2.71 bits per heavy atom. The van der Waals surface area contributed by atoms with Gasteiger partial charge in [-0.2, -0.15) is 0 Å². The third-order valence-electron chi connectivity index (χ3n) is 5.71. The van der Waals surface area contributed by atoms with Crippen molar-refractivity contribution in [2.75, 3.05) is 12.8 Å². The summed E-state index contributed by atoms with van der Waals surface area (Å²) in [5.41, 5.74) is 2.45. The molecule has 180 valence electrons. The van der Waals surface area contributed by atoms with E-state index in [1.165, 1.54) is 30.5 Å². The summed E-state index contributed by atoms with van der Waals surface area (Å²) < 4.78 is 43.4. The fourth-order valence-electron chi connectivity index (χ4n) is 3.92. The molecule has 4 aromatic rings. The number of fused-ring (bicyclic) bond motifs is 1. The molecular formula is C24H20ClFN4O4S. The Kier molecular flexibility index (Phi) is 5.94. The zero-order valence-electron chi connectivity index (χ0n) is 18.6. The summed E-state index contributed by atoms with van der Waals surface area (Å²) in [6.45, 7) is 1.03. The van der Waals surface area contributed by atoms with Crippen LogP contribution in [0.15, 0.2) is 53.7 Å². The molecule has 2 aromatic carbocycles. The van der Waals surface area contributed by atoms with Gasteiger partial charge in [0.25, 0.3) is 0 Å². The molecule has 0 atom stereocenters. The zero-order valence-corrected chi connectivity index (χ0v) is 20.2. The van der Waals surface area contributed by atoms with Crippen LogP contribution >= 0.6 is 11.6 Å². The van der Waals surface area contributed by atoms with E-state index in [1.54, 1.807) is 11.0 Å². The largest absolute Gasteiger partial charge is 0.455 e. The number of nitrogens with one attached hydrogen (secondary N) is 1. The lowest BCUT2D eigenvalue weighted by Crippen LogP contribution is -2.24. The van der Waals surface area contributed by atoms with E-state index in [9.17, 15) is 17.6 Å². The SMILES string of the molecule is CS(=O)(=O)c1ccc(Oc2cc(-c3nc4cc(Cl)c(F)cc4[nH]3)ccc2CN2CCCC2=O)cn1. The molecule has 0 bridgehead atoms. The molecule has 1 amide bonds. The molecule has 2 aromatic heterocycles. The van der Waals surface area contributed by atoms with E-state index < -0.39 is 15.7 Å². The number of rotatable bonds is 6. The fourth-order valence-corrected chi connectivity index (χ4v) is 4.64. The molecule has 35 heavy (non-hydrogen) atoms. The Balaban J connectivity index is 1.52. The Hall–Kier alpha value is -3.50. The minimum Gasteiger partial charge on any atom is -0.455 e. The molecule has 8 nitrogen and oxygen atoms in total. The van der Waals surface area contributed by atoms with E-state index >= 15 is 0 Å². The summed E-state index contributed by atoms with van der Waals surface area (Å²) in [6, 6.07) is 11.1. The summed E-state index contributed by atoms with van der Waals surface area (Å²) in [5, 5.41) is -0.0788. The van der Waals surface area contributed by atoms with Crippen molar-refractivity contribution >= 4 is 38.4 Å². The Labute approximate surface area is 205 Å². The van der Waals surface area contributed by atoms with Gasteiger partial charge in [-0.1, -0.05) is 23.7 Å². The summed E-state index contributed by atoms with van der Waals surface area (Å²) in [7, 11) is -3.44. The standard InChI is InChI=1S/C24H20ClFN4O4S/c1-35(32,33)22-7-6-16(12-27-22)34-21-9-14(4-5-15(21)13-30-8-2-3-23(30)31)24-28-19-10-17(25)18(26)11-20(19)29-24/h4-7,9-12H,2-3,8,13H2,1H3,(H,28,29). The lowest BCUT2D eigenvalue weighted by Gasteiger charge is -2.19. The van der Waals surface area contributed by atoms with E-state index in [-0.39, 0.29) is 16.0 Å². The molecular weight excluding hydrogens is 495 g/mol. The van der Waals surface area contributed by atoms with Crippen molar-refractivity contribution in [2.45, 2.75) is 24.4 Å². The molecule has 0 spiro atoms. The van der Waals surface area contributed by atoms with Crippen LogP contribution in [0.5, 0.6) is 11.5 Å². The minimum atomic E-state index is -3.44. The highest BCUT2D eigenvalue weighted by atomic mass is 35.5. The monoisotopic (exact) mass is 514 g/mol. The Bertz CT molecular complexity index is 1520. The molecule has 1 aliphatic rings. The maximum atomic E-state index is 13.9. The number of benzene rings is 2. The average Bonchev–Trinajstić information content (AvgIpc) is 3.40. The van der Waals surface area contributed by atoms with E-state index in [2.05, 4.69) is 15.0 Å². The first-order chi connectivity index (χ1) is 16.7. The first-order valence-electron chi connectivity index (χ1n) is 10.8. The summed E-state index contributed by atoms with van der Waals surface area (Å²) in [6.07, 6.45) is 3.74. The van der Waals surface area contributed by atoms with Gasteiger partial charge in [-0.25, -0.2) is 22.8 Å². The molecule has 1 aliphatic heterocycles. The molecule has 0 saturated carbocycles. The average molecular weight is 515 g/mol. The molecule has 1 N–H and O–H groups in total. The van der Waals surface area contributed by atoms with Crippen molar-refractivity contribution in [3.8, 4) is 22.9 Å². The van der Waals surface area contributed by atoms with Gasteiger partial charge in [-0.05, 0) is 30.7 Å². The Morgan fingerprint density at radius 2 is 2.03 bits per heavy atom. The van der Waals surface area contributed by atoms with Crippen LogP contribution in [0.1, 0.15) is 18.4 Å². The number of imidazole rings is 1. The highest BCUT2D eigenvalue weighted by Gasteiger charge is 2.22. The van der Waals surface area contributed by atoms with Crippen LogP contribution in [0, 0.1) is 5.82 Å². The fraction of sp³-hybridized carbons (Fsp3) is 0.208. The number of sulfone groups is 1. The number of halogens is 2. The number of carbonyl (C=O) groups excluding carboxylic acids is 1. The van der Waals surface area contributed by atoms with Crippen LogP contribution in [0.25, 0.3) is 22.4 Å². The maximum Gasteiger partial charge on any atom is 0.222 e. The number of nitrogens with zero attached hydrogens (tertiary/aromatic N) is 3. The molecule has 11 heteroatoms. The molecule has 1 fully saturated rings. The number of H-pyrrole nitrogens is 1. The minimum absolute atomic E-state index is 0.0183. The lowest BCUT2D eigenvalue weighted by atomic mass is 10.1. The normalized spacial score (nSPS) is 14.1. The molecule has 0 radical (unpaired) electrons. The Morgan fingerprint density at radius 1 is 1.20 bits per heavy atom. The molecule has 5 rings (SSSR count). The van der Waals surface area contributed by atoms with Crippen molar-refractivity contribution in [1.82, 2.24) is 19.9 Å². The number of likely N-dealkylation sites (tertiary alicyclic amines) is 1. The second-order valence-corrected chi connectivity index (χ2v) is 10.7. The molecule has 0 unspecified atom stereocenters. The molecule has 1 saturated heterocycles. The predicted molar refractivity (Wildman–Crippen MR) is 129 cm³/mol. The van der Waals surface area contributed by atoms with Crippen molar-refractivity contribution < 1.29 is 22.3 Å². The van der Waals surface area contributed by atoms with Gasteiger partial charge in [0, 0.05) is 43.0 Å². The smallest absolute Gasteiger partial charge is 0.222 e. The van der Waals surface area contributed by atoms with E-state index in [0.717, 1.165) is 18.2 Å². The van der Waals surface area contributed by atoms with Crippen LogP contribution in [-0.2, 0) is 21.2 Å². The van der Waals surface area contributed by atoms with Crippen LogP contribution in [0.3, 0.4) is 0 Å². The van der Waals surface area contributed by atoms with Gasteiger partial charge in [0.05, 0.1) is 22.3 Å². The zero-order chi connectivity index (χ0) is 24.7. The van der Waals surface area contributed by atoms with Gasteiger partial charge in [0.2, 0.25) is 5.91 Å². The van der Waals surface area contributed by atoms with Crippen molar-refractivity contribution in [2.24, 2.45) is 0 Å². The number of pyridine rings is 1. The third kappa shape index (κ3) is 4.85. The van der Waals surface area contributed by atoms with Crippen molar-refractivity contribution in [1.29, 1.82) is 0 Å². The van der Waals surface area contributed by atoms with E-state index in [1.807, 2.05) is 12.1 Å². The van der Waals surface area contributed by atoms with Crippen molar-refractivity contribution in [3.05, 3.63) is 65.1 Å². The quantitative estimate of drug-likeness (QED) is 0.398. The number of hydrogen-bond donors (Lipinski definition) is 1. The number of aromatic amines is 1.